The summed E-state index contributed by atoms with van der Waals surface area (Å²) in [7, 11) is 0. The van der Waals surface area contributed by atoms with E-state index >= 15 is 0 Å². The molecule has 1 aromatic rings. The van der Waals surface area contributed by atoms with Gasteiger partial charge in [0.1, 0.15) is 11.0 Å². The molecule has 4 N–H and O–H groups in total. The highest BCUT2D eigenvalue weighted by Crippen LogP contribution is 2.43. The fourth-order valence-corrected chi connectivity index (χ4v) is 2.12. The fraction of sp³-hybridized carbons (Fsp3) is 0.400. The van der Waals surface area contributed by atoms with Crippen molar-refractivity contribution in [3.8, 4) is 0 Å². The van der Waals surface area contributed by atoms with Gasteiger partial charge in [-0.1, -0.05) is 17.7 Å². The molecular formula is C10H12ClN3O. The maximum Gasteiger partial charge on any atom is 0.129 e. The highest BCUT2D eigenvalue weighted by atomic mass is 35.5. The maximum absolute atomic E-state index is 9.77. The van der Waals surface area contributed by atoms with E-state index in [4.69, 9.17) is 22.7 Å². The van der Waals surface area contributed by atoms with Gasteiger partial charge in [0.2, 0.25) is 0 Å². The van der Waals surface area contributed by atoms with E-state index in [1.807, 2.05) is 0 Å². The molecule has 0 aromatic carbocycles. The summed E-state index contributed by atoms with van der Waals surface area (Å²) in [5.74, 6) is -0.00891. The van der Waals surface area contributed by atoms with Crippen LogP contribution in [0, 0.1) is 5.41 Å². The van der Waals surface area contributed by atoms with Crippen LogP contribution in [0.4, 0.5) is 0 Å². The Balaban J connectivity index is 2.42. The van der Waals surface area contributed by atoms with E-state index in [0.717, 1.165) is 5.56 Å². The molecule has 1 aliphatic rings. The van der Waals surface area contributed by atoms with Crippen LogP contribution in [0.3, 0.4) is 0 Å². The number of nitrogens with zero attached hydrogens (tertiary/aromatic N) is 1. The Labute approximate surface area is 92.6 Å². The van der Waals surface area contributed by atoms with Crippen molar-refractivity contribution in [1.29, 1.82) is 5.41 Å². The molecular weight excluding hydrogens is 214 g/mol. The molecule has 4 nitrogen and oxygen atoms in total. The first-order chi connectivity index (χ1) is 7.07. The normalized spacial score (nSPS) is 29.6. The van der Waals surface area contributed by atoms with Gasteiger partial charge in [-0.15, -0.1) is 0 Å². The summed E-state index contributed by atoms with van der Waals surface area (Å²) in [5, 5.41) is 17.7. The SMILES string of the molecule is N=C(N)C1(c2ccc(Cl)nc2)CCC1O. The molecule has 1 saturated carbocycles. The summed E-state index contributed by atoms with van der Waals surface area (Å²) in [5.41, 5.74) is 5.58. The predicted octanol–water partition coefficient (Wildman–Crippen LogP) is 1.06. The molecule has 1 heterocycles. The fourth-order valence-electron chi connectivity index (χ4n) is 2.01. The number of hydrogen-bond acceptors (Lipinski definition) is 3. The van der Waals surface area contributed by atoms with Gasteiger partial charge < -0.3 is 10.8 Å². The quantitative estimate of drug-likeness (QED) is 0.400. The first-order valence-corrected chi connectivity index (χ1v) is 5.10. The minimum absolute atomic E-state index is 0.00891. The number of aliphatic hydroxyl groups excluding tert-OH is 1. The highest BCUT2D eigenvalue weighted by Gasteiger charge is 2.50. The number of nitrogens with one attached hydrogen (secondary N) is 1. The summed E-state index contributed by atoms with van der Waals surface area (Å²) < 4.78 is 0. The molecule has 0 spiro atoms. The molecule has 15 heavy (non-hydrogen) atoms. The number of aliphatic hydroxyl groups is 1. The Morgan fingerprint density at radius 2 is 2.40 bits per heavy atom. The molecule has 0 saturated heterocycles. The van der Waals surface area contributed by atoms with Crippen LogP contribution in [0.2, 0.25) is 5.15 Å². The zero-order chi connectivity index (χ0) is 11.1. The van der Waals surface area contributed by atoms with Crippen molar-refractivity contribution in [3.05, 3.63) is 29.0 Å². The average Bonchev–Trinajstić information content (AvgIpc) is 2.19. The minimum Gasteiger partial charge on any atom is -0.392 e. The number of hydrogen-bond donors (Lipinski definition) is 3. The lowest BCUT2D eigenvalue weighted by atomic mass is 9.61. The molecule has 1 fully saturated rings. The van der Waals surface area contributed by atoms with Crippen LogP contribution in [-0.2, 0) is 5.41 Å². The number of nitrogens with two attached hydrogens (primary N) is 1. The van der Waals surface area contributed by atoms with Crippen LogP contribution >= 0.6 is 11.6 Å². The van der Waals surface area contributed by atoms with Crippen molar-refractivity contribution in [2.75, 3.05) is 0 Å². The Hall–Kier alpha value is -1.13. The van der Waals surface area contributed by atoms with E-state index in [-0.39, 0.29) is 5.84 Å². The van der Waals surface area contributed by atoms with E-state index in [0.29, 0.717) is 18.0 Å². The Morgan fingerprint density at radius 3 is 2.73 bits per heavy atom. The van der Waals surface area contributed by atoms with Gasteiger partial charge in [-0.3, -0.25) is 5.41 Å². The van der Waals surface area contributed by atoms with Crippen molar-refractivity contribution < 1.29 is 5.11 Å². The molecule has 0 amide bonds. The highest BCUT2D eigenvalue weighted by molar-refractivity contribution is 6.29. The van der Waals surface area contributed by atoms with E-state index in [1.54, 1.807) is 18.3 Å². The first kappa shape index (κ1) is 10.4. The van der Waals surface area contributed by atoms with Crippen molar-refractivity contribution in [2.45, 2.75) is 24.4 Å². The molecule has 0 aliphatic heterocycles. The van der Waals surface area contributed by atoms with Gasteiger partial charge in [0, 0.05) is 6.20 Å². The number of rotatable bonds is 2. The largest absolute Gasteiger partial charge is 0.392 e. The predicted molar refractivity (Wildman–Crippen MR) is 58.1 cm³/mol. The molecule has 0 radical (unpaired) electrons. The van der Waals surface area contributed by atoms with Crippen LogP contribution in [0.25, 0.3) is 0 Å². The summed E-state index contributed by atoms with van der Waals surface area (Å²) in [4.78, 5) is 3.95. The van der Waals surface area contributed by atoms with E-state index < -0.39 is 11.5 Å². The monoisotopic (exact) mass is 225 g/mol. The Bertz CT molecular complexity index is 392. The number of amidine groups is 1. The number of aromatic nitrogens is 1. The van der Waals surface area contributed by atoms with Crippen LogP contribution in [-0.4, -0.2) is 22.0 Å². The molecule has 1 aromatic heterocycles. The van der Waals surface area contributed by atoms with Gasteiger partial charge in [-0.05, 0) is 24.5 Å². The zero-order valence-electron chi connectivity index (χ0n) is 8.07. The number of halogens is 1. The maximum atomic E-state index is 9.77. The van der Waals surface area contributed by atoms with Gasteiger partial charge in [0.25, 0.3) is 0 Å². The zero-order valence-corrected chi connectivity index (χ0v) is 8.83. The van der Waals surface area contributed by atoms with Gasteiger partial charge in [0.15, 0.2) is 0 Å². The van der Waals surface area contributed by atoms with Crippen molar-refractivity contribution in [1.82, 2.24) is 4.98 Å². The summed E-state index contributed by atoms with van der Waals surface area (Å²) in [6, 6.07) is 3.41. The molecule has 0 bridgehead atoms. The second kappa shape index (κ2) is 3.47. The lowest BCUT2D eigenvalue weighted by Crippen LogP contribution is -2.57. The third kappa shape index (κ3) is 1.41. The van der Waals surface area contributed by atoms with Crippen LogP contribution in [0.1, 0.15) is 18.4 Å². The average molecular weight is 226 g/mol. The van der Waals surface area contributed by atoms with Gasteiger partial charge in [-0.25, -0.2) is 4.98 Å². The standard InChI is InChI=1S/C10H12ClN3O/c11-8-2-1-6(5-14-8)10(9(12)13)4-3-7(10)15/h1-2,5,7,15H,3-4H2,(H3,12,13). The van der Waals surface area contributed by atoms with E-state index in [1.165, 1.54) is 0 Å². The molecule has 2 unspecified atom stereocenters. The molecule has 2 rings (SSSR count). The topological polar surface area (TPSA) is 83.0 Å². The smallest absolute Gasteiger partial charge is 0.129 e. The third-order valence-corrected chi connectivity index (χ3v) is 3.33. The Morgan fingerprint density at radius 1 is 1.67 bits per heavy atom. The van der Waals surface area contributed by atoms with Gasteiger partial charge in [0.05, 0.1) is 11.5 Å². The summed E-state index contributed by atoms with van der Waals surface area (Å²) in [6.07, 6.45) is 2.35. The van der Waals surface area contributed by atoms with Gasteiger partial charge >= 0.3 is 0 Å². The minimum atomic E-state index is -0.739. The van der Waals surface area contributed by atoms with Gasteiger partial charge in [-0.2, -0.15) is 0 Å². The van der Waals surface area contributed by atoms with Crippen LogP contribution < -0.4 is 5.73 Å². The second-order valence-corrected chi connectivity index (χ2v) is 4.20. The van der Waals surface area contributed by atoms with Crippen LogP contribution in [0.15, 0.2) is 18.3 Å². The van der Waals surface area contributed by atoms with Crippen LogP contribution in [0.5, 0.6) is 0 Å². The summed E-state index contributed by atoms with van der Waals surface area (Å²) in [6.45, 7) is 0. The molecule has 80 valence electrons. The lowest BCUT2D eigenvalue weighted by molar-refractivity contribution is 0.0320. The van der Waals surface area contributed by atoms with Crippen molar-refractivity contribution in [3.63, 3.8) is 0 Å². The third-order valence-electron chi connectivity index (χ3n) is 3.10. The lowest BCUT2D eigenvalue weighted by Gasteiger charge is -2.45. The number of pyridine rings is 1. The molecule has 2 atom stereocenters. The first-order valence-electron chi connectivity index (χ1n) is 4.72. The Kier molecular flexibility index (Phi) is 2.40. The van der Waals surface area contributed by atoms with Crippen molar-refractivity contribution >= 4 is 17.4 Å². The summed E-state index contributed by atoms with van der Waals surface area (Å²) >= 11 is 5.68. The second-order valence-electron chi connectivity index (χ2n) is 3.81. The van der Waals surface area contributed by atoms with E-state index in [9.17, 15) is 5.11 Å². The van der Waals surface area contributed by atoms with Crippen molar-refractivity contribution in [2.24, 2.45) is 5.73 Å². The molecule has 1 aliphatic carbocycles. The van der Waals surface area contributed by atoms with E-state index in [2.05, 4.69) is 4.98 Å². The molecule has 5 heteroatoms.